The fourth-order valence-electron chi connectivity index (χ4n) is 2.59. The van der Waals surface area contributed by atoms with Crippen LogP contribution in [-0.4, -0.2) is 12.7 Å². The molecule has 1 aromatic carbocycles. The maximum Gasteiger partial charge on any atom is 0.419 e. The molecule has 0 aromatic heterocycles. The van der Waals surface area contributed by atoms with E-state index in [4.69, 9.17) is 10.5 Å². The summed E-state index contributed by atoms with van der Waals surface area (Å²) in [4.78, 5) is 0. The minimum absolute atomic E-state index is 0.246. The number of rotatable bonds is 5. The van der Waals surface area contributed by atoms with Gasteiger partial charge in [0.1, 0.15) is 5.82 Å². The highest BCUT2D eigenvalue weighted by Crippen LogP contribution is 2.33. The van der Waals surface area contributed by atoms with Crippen LogP contribution in [0.3, 0.4) is 0 Å². The standard InChI is InChI=1S/C15H19F4NO/c16-13-7-6-10(9-12(13)15(17,18)19)14(20)5-1-3-11-4-2-8-21-11/h6-7,9,11,14H,1-5,8,20H2. The molecule has 0 radical (unpaired) electrons. The first-order valence-corrected chi connectivity index (χ1v) is 7.12. The fourth-order valence-corrected chi connectivity index (χ4v) is 2.59. The summed E-state index contributed by atoms with van der Waals surface area (Å²) in [6.07, 6.45) is -0.157. The van der Waals surface area contributed by atoms with Crippen molar-refractivity contribution in [1.82, 2.24) is 0 Å². The molecule has 1 saturated heterocycles. The van der Waals surface area contributed by atoms with Crippen LogP contribution >= 0.6 is 0 Å². The Hall–Kier alpha value is -1.14. The lowest BCUT2D eigenvalue weighted by Gasteiger charge is -2.16. The minimum Gasteiger partial charge on any atom is -0.378 e. The van der Waals surface area contributed by atoms with Crippen molar-refractivity contribution in [2.24, 2.45) is 5.73 Å². The SMILES string of the molecule is NC(CCCC1CCCO1)c1ccc(F)c(C(F)(F)F)c1. The Morgan fingerprint density at radius 3 is 2.71 bits per heavy atom. The van der Waals surface area contributed by atoms with Gasteiger partial charge in [0.25, 0.3) is 0 Å². The normalized spacial score (nSPS) is 20.7. The zero-order valence-electron chi connectivity index (χ0n) is 11.6. The first-order chi connectivity index (χ1) is 9.88. The zero-order chi connectivity index (χ0) is 15.5. The van der Waals surface area contributed by atoms with E-state index in [0.717, 1.165) is 44.4 Å². The van der Waals surface area contributed by atoms with E-state index < -0.39 is 23.6 Å². The largest absolute Gasteiger partial charge is 0.419 e. The van der Waals surface area contributed by atoms with Crippen molar-refractivity contribution < 1.29 is 22.3 Å². The second-order valence-electron chi connectivity index (χ2n) is 5.41. The third-order valence-corrected chi connectivity index (χ3v) is 3.79. The van der Waals surface area contributed by atoms with Gasteiger partial charge in [-0.05, 0) is 49.8 Å². The van der Waals surface area contributed by atoms with Crippen LogP contribution in [0.4, 0.5) is 17.6 Å². The summed E-state index contributed by atoms with van der Waals surface area (Å²) in [5.74, 6) is -1.27. The molecule has 0 saturated carbocycles. The summed E-state index contributed by atoms with van der Waals surface area (Å²) in [6, 6.07) is 2.44. The van der Waals surface area contributed by atoms with Gasteiger partial charge >= 0.3 is 6.18 Å². The highest BCUT2D eigenvalue weighted by Gasteiger charge is 2.34. The molecule has 2 atom stereocenters. The van der Waals surface area contributed by atoms with Crippen LogP contribution in [0.2, 0.25) is 0 Å². The average molecular weight is 305 g/mol. The van der Waals surface area contributed by atoms with Crippen LogP contribution < -0.4 is 5.73 Å². The molecule has 2 unspecified atom stereocenters. The van der Waals surface area contributed by atoms with Crippen molar-refractivity contribution in [3.63, 3.8) is 0 Å². The molecule has 1 heterocycles. The second-order valence-corrected chi connectivity index (χ2v) is 5.41. The van der Waals surface area contributed by atoms with Crippen LogP contribution in [0.1, 0.15) is 49.3 Å². The number of benzene rings is 1. The summed E-state index contributed by atoms with van der Waals surface area (Å²) in [5, 5.41) is 0. The van der Waals surface area contributed by atoms with Gasteiger partial charge in [0.05, 0.1) is 11.7 Å². The molecule has 1 aliphatic heterocycles. The maximum absolute atomic E-state index is 13.2. The van der Waals surface area contributed by atoms with Crippen LogP contribution in [-0.2, 0) is 10.9 Å². The van der Waals surface area contributed by atoms with Crippen LogP contribution in [0.5, 0.6) is 0 Å². The van der Waals surface area contributed by atoms with Crippen molar-refractivity contribution >= 4 is 0 Å². The monoisotopic (exact) mass is 305 g/mol. The van der Waals surface area contributed by atoms with Gasteiger partial charge in [-0.25, -0.2) is 4.39 Å². The summed E-state index contributed by atoms with van der Waals surface area (Å²) < 4.78 is 56.6. The van der Waals surface area contributed by atoms with E-state index in [0.29, 0.717) is 12.0 Å². The third kappa shape index (κ3) is 4.41. The van der Waals surface area contributed by atoms with E-state index in [-0.39, 0.29) is 6.10 Å². The van der Waals surface area contributed by atoms with Gasteiger partial charge in [0.15, 0.2) is 0 Å². The minimum atomic E-state index is -4.70. The first kappa shape index (κ1) is 16.2. The highest BCUT2D eigenvalue weighted by atomic mass is 19.4. The van der Waals surface area contributed by atoms with E-state index in [1.807, 2.05) is 0 Å². The number of ether oxygens (including phenoxy) is 1. The van der Waals surface area contributed by atoms with Gasteiger partial charge < -0.3 is 10.5 Å². The molecule has 1 fully saturated rings. The van der Waals surface area contributed by atoms with Gasteiger partial charge in [0, 0.05) is 12.6 Å². The molecule has 0 bridgehead atoms. The van der Waals surface area contributed by atoms with Crippen molar-refractivity contribution in [1.29, 1.82) is 0 Å². The summed E-state index contributed by atoms with van der Waals surface area (Å²) in [6.45, 7) is 0.781. The van der Waals surface area contributed by atoms with Crippen molar-refractivity contribution in [3.8, 4) is 0 Å². The average Bonchev–Trinajstić information content (AvgIpc) is 2.91. The molecular formula is C15H19F4NO. The summed E-state index contributed by atoms with van der Waals surface area (Å²) >= 11 is 0. The third-order valence-electron chi connectivity index (χ3n) is 3.79. The molecule has 2 nitrogen and oxygen atoms in total. The zero-order valence-corrected chi connectivity index (χ0v) is 11.6. The molecular weight excluding hydrogens is 286 g/mol. The fraction of sp³-hybridized carbons (Fsp3) is 0.600. The van der Waals surface area contributed by atoms with Crippen molar-refractivity contribution in [3.05, 3.63) is 35.1 Å². The number of alkyl halides is 3. The van der Waals surface area contributed by atoms with Crippen LogP contribution in [0.15, 0.2) is 18.2 Å². The first-order valence-electron chi connectivity index (χ1n) is 7.12. The van der Waals surface area contributed by atoms with Gasteiger partial charge in [-0.15, -0.1) is 0 Å². The predicted molar refractivity (Wildman–Crippen MR) is 71.2 cm³/mol. The molecule has 2 N–H and O–H groups in total. The molecule has 0 spiro atoms. The topological polar surface area (TPSA) is 35.2 Å². The van der Waals surface area contributed by atoms with E-state index in [9.17, 15) is 17.6 Å². The molecule has 1 aliphatic rings. The Bertz CT molecular complexity index is 469. The van der Waals surface area contributed by atoms with Crippen LogP contribution in [0, 0.1) is 5.82 Å². The van der Waals surface area contributed by atoms with E-state index >= 15 is 0 Å². The Morgan fingerprint density at radius 2 is 2.10 bits per heavy atom. The Morgan fingerprint density at radius 1 is 1.33 bits per heavy atom. The smallest absolute Gasteiger partial charge is 0.378 e. The lowest BCUT2D eigenvalue weighted by atomic mass is 9.98. The molecule has 118 valence electrons. The second kappa shape index (κ2) is 6.75. The van der Waals surface area contributed by atoms with Gasteiger partial charge in [0.2, 0.25) is 0 Å². The molecule has 1 aromatic rings. The lowest BCUT2D eigenvalue weighted by Crippen LogP contribution is -2.15. The molecule has 0 amide bonds. The van der Waals surface area contributed by atoms with Crippen molar-refractivity contribution in [2.75, 3.05) is 6.61 Å². The quantitative estimate of drug-likeness (QED) is 0.828. The number of hydrogen-bond donors (Lipinski definition) is 1. The Balaban J connectivity index is 1.93. The van der Waals surface area contributed by atoms with Crippen LogP contribution in [0.25, 0.3) is 0 Å². The van der Waals surface area contributed by atoms with Crippen molar-refractivity contribution in [2.45, 2.75) is 50.4 Å². The number of halogens is 4. The number of nitrogens with two attached hydrogens (primary N) is 1. The van der Waals surface area contributed by atoms with Gasteiger partial charge in [-0.1, -0.05) is 6.07 Å². The summed E-state index contributed by atoms with van der Waals surface area (Å²) in [7, 11) is 0. The maximum atomic E-state index is 13.2. The lowest BCUT2D eigenvalue weighted by molar-refractivity contribution is -0.140. The molecule has 0 aliphatic carbocycles. The number of hydrogen-bond acceptors (Lipinski definition) is 2. The Kier molecular flexibility index (Phi) is 5.22. The van der Waals surface area contributed by atoms with E-state index in [1.54, 1.807) is 0 Å². The predicted octanol–water partition coefficient (Wildman–Crippen LogP) is 4.19. The molecule has 6 heteroatoms. The summed E-state index contributed by atoms with van der Waals surface area (Å²) in [5.41, 5.74) is 4.97. The molecule has 21 heavy (non-hydrogen) atoms. The highest BCUT2D eigenvalue weighted by molar-refractivity contribution is 5.29. The van der Waals surface area contributed by atoms with Gasteiger partial charge in [-0.2, -0.15) is 13.2 Å². The van der Waals surface area contributed by atoms with Gasteiger partial charge in [-0.3, -0.25) is 0 Å². The Labute approximate surface area is 121 Å². The van der Waals surface area contributed by atoms with E-state index in [2.05, 4.69) is 0 Å². The van der Waals surface area contributed by atoms with E-state index in [1.165, 1.54) is 6.07 Å². The molecule has 2 rings (SSSR count).